The molecule has 6 unspecified atom stereocenters. The van der Waals surface area contributed by atoms with Gasteiger partial charge in [-0.2, -0.15) is 4.80 Å². The first kappa shape index (κ1) is 24.1. The second kappa shape index (κ2) is 10.2. The van der Waals surface area contributed by atoms with Crippen LogP contribution >= 0.6 is 11.6 Å². The number of hydrogen-bond donors (Lipinski definition) is 3. The molecule has 188 valence electrons. The van der Waals surface area contributed by atoms with Crippen LogP contribution in [-0.2, 0) is 16.0 Å². The minimum atomic E-state index is -0.824. The molecule has 3 N–H and O–H groups in total. The van der Waals surface area contributed by atoms with Gasteiger partial charge in [-0.1, -0.05) is 23.7 Å². The summed E-state index contributed by atoms with van der Waals surface area (Å²) in [6.07, 6.45) is 4.68. The first-order valence-corrected chi connectivity index (χ1v) is 12.7. The van der Waals surface area contributed by atoms with E-state index >= 15 is 0 Å². The van der Waals surface area contributed by atoms with E-state index < -0.39 is 24.0 Å². The highest BCUT2D eigenvalue weighted by molar-refractivity contribution is 6.30. The molecule has 10 nitrogen and oxygen atoms in total. The second-order valence-electron chi connectivity index (χ2n) is 10.3. The van der Waals surface area contributed by atoms with Crippen molar-refractivity contribution in [2.75, 3.05) is 19.6 Å². The fraction of sp³-hybridized carbons (Fsp3) is 0.625. The number of halogens is 1. The average molecular weight is 503 g/mol. The van der Waals surface area contributed by atoms with Gasteiger partial charge in [0.25, 0.3) is 0 Å². The molecule has 2 aromatic rings. The van der Waals surface area contributed by atoms with E-state index in [4.69, 9.17) is 11.6 Å². The summed E-state index contributed by atoms with van der Waals surface area (Å²) in [7, 11) is 0. The van der Waals surface area contributed by atoms with Crippen LogP contribution in [0.1, 0.15) is 49.5 Å². The third-order valence-electron chi connectivity index (χ3n) is 7.94. The predicted octanol–water partition coefficient (Wildman–Crippen LogP) is 2.10. The molecule has 0 spiro atoms. The average Bonchev–Trinajstić information content (AvgIpc) is 3.47. The molecule has 1 aromatic carbocycles. The Morgan fingerprint density at radius 3 is 2.60 bits per heavy atom. The minimum absolute atomic E-state index is 0.144. The Bertz CT molecular complexity index is 1060. The summed E-state index contributed by atoms with van der Waals surface area (Å²) in [5.41, 5.74) is 1.03. The Hall–Kier alpha value is -2.56. The van der Waals surface area contributed by atoms with Crippen LogP contribution in [0.3, 0.4) is 0 Å². The predicted molar refractivity (Wildman–Crippen MR) is 127 cm³/mol. The van der Waals surface area contributed by atoms with Crippen LogP contribution in [0, 0.1) is 17.8 Å². The summed E-state index contributed by atoms with van der Waals surface area (Å²) in [6, 6.07) is 6.31. The lowest BCUT2D eigenvalue weighted by Gasteiger charge is -2.42. The molecule has 3 aliphatic rings. The molecule has 3 heterocycles. The van der Waals surface area contributed by atoms with Crippen LogP contribution in [0.2, 0.25) is 5.02 Å². The zero-order valence-corrected chi connectivity index (χ0v) is 20.2. The molecule has 0 amide bonds. The van der Waals surface area contributed by atoms with Crippen LogP contribution in [0.15, 0.2) is 24.3 Å². The summed E-state index contributed by atoms with van der Waals surface area (Å²) in [6.45, 7) is 2.03. The third-order valence-corrected chi connectivity index (χ3v) is 8.19. The highest BCUT2D eigenvalue weighted by Crippen LogP contribution is 2.40. The second-order valence-corrected chi connectivity index (χ2v) is 10.7. The lowest BCUT2D eigenvalue weighted by atomic mass is 9.69. The molecule has 3 fully saturated rings. The van der Waals surface area contributed by atoms with E-state index in [9.17, 15) is 19.8 Å². The van der Waals surface area contributed by atoms with Crippen LogP contribution in [0.5, 0.6) is 0 Å². The molecule has 5 rings (SSSR count). The van der Waals surface area contributed by atoms with Gasteiger partial charge in [0.1, 0.15) is 12.1 Å². The van der Waals surface area contributed by atoms with E-state index in [0.29, 0.717) is 61.0 Å². The number of nitrogens with one attached hydrogen (secondary N) is 1. The number of aromatic nitrogens is 4. The van der Waals surface area contributed by atoms with Crippen molar-refractivity contribution in [3.05, 3.63) is 40.7 Å². The Kier molecular flexibility index (Phi) is 7.04. The summed E-state index contributed by atoms with van der Waals surface area (Å²) in [4.78, 5) is 27.1. The minimum Gasteiger partial charge on any atom is -0.480 e. The van der Waals surface area contributed by atoms with E-state index in [1.165, 1.54) is 0 Å². The number of tetrazole rings is 1. The molecule has 1 aromatic heterocycles. The van der Waals surface area contributed by atoms with Crippen LogP contribution in [0.4, 0.5) is 0 Å². The maximum Gasteiger partial charge on any atom is 0.321 e. The fourth-order valence-electron chi connectivity index (χ4n) is 6.12. The van der Waals surface area contributed by atoms with Gasteiger partial charge in [-0.3, -0.25) is 14.5 Å². The molecule has 35 heavy (non-hydrogen) atoms. The Balaban J connectivity index is 1.21. The van der Waals surface area contributed by atoms with Gasteiger partial charge in [0, 0.05) is 24.5 Å². The monoisotopic (exact) mass is 502 g/mol. The number of likely N-dealkylation sites (tertiary alicyclic amines) is 1. The molecule has 0 radical (unpaired) electrons. The molecule has 1 aliphatic carbocycles. The molecule has 1 saturated carbocycles. The maximum atomic E-state index is 12.1. The third kappa shape index (κ3) is 5.49. The van der Waals surface area contributed by atoms with Gasteiger partial charge in [0.05, 0.1) is 6.04 Å². The quantitative estimate of drug-likeness (QED) is 0.520. The van der Waals surface area contributed by atoms with Crippen molar-refractivity contribution in [1.29, 1.82) is 0 Å². The zero-order valence-electron chi connectivity index (χ0n) is 19.5. The highest BCUT2D eigenvalue weighted by Gasteiger charge is 2.42. The smallest absolute Gasteiger partial charge is 0.321 e. The lowest BCUT2D eigenvalue weighted by Crippen LogP contribution is -2.50. The van der Waals surface area contributed by atoms with Crippen molar-refractivity contribution in [2.24, 2.45) is 17.8 Å². The molecular formula is C24H31ClN6O4. The number of carbonyl (C=O) groups is 2. The molecule has 6 atom stereocenters. The van der Waals surface area contributed by atoms with Crippen molar-refractivity contribution >= 4 is 23.5 Å². The number of carboxylic acids is 2. The van der Waals surface area contributed by atoms with Gasteiger partial charge in [-0.15, -0.1) is 10.2 Å². The van der Waals surface area contributed by atoms with Gasteiger partial charge in [-0.25, -0.2) is 0 Å². The maximum absolute atomic E-state index is 12.1. The van der Waals surface area contributed by atoms with Crippen LogP contribution in [0.25, 0.3) is 0 Å². The molecule has 2 saturated heterocycles. The zero-order chi connectivity index (χ0) is 24.5. The molecular weight excluding hydrogens is 472 g/mol. The normalized spacial score (nSPS) is 31.2. The number of benzene rings is 1. The largest absolute Gasteiger partial charge is 0.480 e. The number of carboxylic acid groups (broad SMARTS) is 2. The van der Waals surface area contributed by atoms with E-state index in [1.807, 2.05) is 24.3 Å². The number of fused-ring (bicyclic) bond motifs is 1. The van der Waals surface area contributed by atoms with Crippen molar-refractivity contribution in [2.45, 2.75) is 56.7 Å². The first-order chi connectivity index (χ1) is 16.9. The Morgan fingerprint density at radius 1 is 1.06 bits per heavy atom. The van der Waals surface area contributed by atoms with E-state index in [0.717, 1.165) is 31.4 Å². The standard InChI is InChI=1S/C24H31ClN6O4/c25-18-5-2-14(3-6-18)8-22-27-29-31(28-22)19-10-21(24(34)35)30(13-19)12-15-1-4-16-11-26-20(23(32)33)9-17(16)7-15/h2-3,5-6,15-17,19-21,26H,1,4,7-13H2,(H,32,33)(H,34,35). The number of aliphatic carboxylic acids is 2. The molecule has 11 heteroatoms. The number of piperidine rings is 1. The fourth-order valence-corrected chi connectivity index (χ4v) is 6.24. The van der Waals surface area contributed by atoms with Gasteiger partial charge in [-0.05, 0) is 79.3 Å². The highest BCUT2D eigenvalue weighted by atomic mass is 35.5. The summed E-state index contributed by atoms with van der Waals surface area (Å²) in [5, 5.41) is 36.1. The number of rotatable bonds is 7. The van der Waals surface area contributed by atoms with E-state index in [1.54, 1.807) is 4.80 Å². The van der Waals surface area contributed by atoms with Crippen molar-refractivity contribution in [3.8, 4) is 0 Å². The van der Waals surface area contributed by atoms with Crippen LogP contribution in [-0.4, -0.2) is 79.0 Å². The summed E-state index contributed by atoms with van der Waals surface area (Å²) in [5.74, 6) is 0.251. The van der Waals surface area contributed by atoms with Gasteiger partial charge >= 0.3 is 11.9 Å². The van der Waals surface area contributed by atoms with Gasteiger partial charge in [0.2, 0.25) is 0 Å². The van der Waals surface area contributed by atoms with Crippen molar-refractivity contribution in [3.63, 3.8) is 0 Å². The van der Waals surface area contributed by atoms with Gasteiger partial charge < -0.3 is 15.5 Å². The Morgan fingerprint density at radius 2 is 1.86 bits per heavy atom. The van der Waals surface area contributed by atoms with E-state index in [-0.39, 0.29) is 6.04 Å². The topological polar surface area (TPSA) is 133 Å². The number of nitrogens with zero attached hydrogens (tertiary/aromatic N) is 5. The summed E-state index contributed by atoms with van der Waals surface area (Å²) >= 11 is 5.95. The molecule has 0 bridgehead atoms. The van der Waals surface area contributed by atoms with Gasteiger partial charge in [0.15, 0.2) is 5.82 Å². The molecule has 2 aliphatic heterocycles. The summed E-state index contributed by atoms with van der Waals surface area (Å²) < 4.78 is 0. The lowest BCUT2D eigenvalue weighted by molar-refractivity contribution is -0.143. The van der Waals surface area contributed by atoms with Crippen molar-refractivity contribution in [1.82, 2.24) is 30.4 Å². The first-order valence-electron chi connectivity index (χ1n) is 12.3. The van der Waals surface area contributed by atoms with Crippen LogP contribution < -0.4 is 5.32 Å². The number of hydrogen-bond acceptors (Lipinski definition) is 7. The SMILES string of the molecule is O=C(O)C1CC2CC(CN3CC(n4nnc(Cc5ccc(Cl)cc5)n4)CC3C(=O)O)CCC2CN1. The van der Waals surface area contributed by atoms with Crippen molar-refractivity contribution < 1.29 is 19.8 Å². The van der Waals surface area contributed by atoms with E-state index in [2.05, 4.69) is 25.6 Å². The Labute approximate surface area is 208 Å².